The summed E-state index contributed by atoms with van der Waals surface area (Å²) in [6.45, 7) is -1.59. The number of alkyl halides is 3. The molecule has 112 valence electrons. The third-order valence-corrected chi connectivity index (χ3v) is 5.08. The minimum atomic E-state index is -4.41. The molecular weight excluding hydrogens is 319 g/mol. The van der Waals surface area contributed by atoms with E-state index in [1.807, 2.05) is 0 Å². The Morgan fingerprint density at radius 1 is 1.30 bits per heavy atom. The molecule has 2 rings (SSSR count). The van der Waals surface area contributed by atoms with Gasteiger partial charge in [-0.3, -0.25) is 0 Å². The number of hydrogen-bond acceptors (Lipinski definition) is 3. The second-order valence-electron chi connectivity index (χ2n) is 4.30. The first-order valence-electron chi connectivity index (χ1n) is 5.63. The molecule has 0 radical (unpaired) electrons. The smallest absolute Gasteiger partial charge is 0.366 e. The van der Waals surface area contributed by atoms with Gasteiger partial charge in [-0.2, -0.15) is 17.5 Å². The third-order valence-electron chi connectivity index (χ3n) is 2.75. The molecule has 0 amide bonds. The quantitative estimate of drug-likeness (QED) is 0.851. The third kappa shape index (κ3) is 3.43. The van der Waals surface area contributed by atoms with Gasteiger partial charge in [0, 0.05) is 13.1 Å². The van der Waals surface area contributed by atoms with E-state index in [4.69, 9.17) is 11.6 Å². The van der Waals surface area contributed by atoms with Crippen molar-refractivity contribution in [2.45, 2.75) is 17.2 Å². The van der Waals surface area contributed by atoms with Crippen molar-refractivity contribution in [1.29, 1.82) is 0 Å². The molecule has 0 spiro atoms. The van der Waals surface area contributed by atoms with Gasteiger partial charge in [-0.25, -0.2) is 8.42 Å². The normalized spacial score (nSPS) is 18.0. The SMILES string of the molecule is O=S(=O)(c1ccccc1Cl)N1CC(OCC(F)(F)F)C1. The average molecular weight is 330 g/mol. The summed E-state index contributed by atoms with van der Waals surface area (Å²) in [5.74, 6) is 0. The predicted molar refractivity (Wildman–Crippen MR) is 66.0 cm³/mol. The number of nitrogens with zero attached hydrogens (tertiary/aromatic N) is 1. The van der Waals surface area contributed by atoms with Crippen LogP contribution in [-0.4, -0.2) is 44.7 Å². The Bertz CT molecular complexity index is 585. The van der Waals surface area contributed by atoms with Gasteiger partial charge in [0.05, 0.1) is 11.1 Å². The van der Waals surface area contributed by atoms with E-state index in [1.165, 1.54) is 18.2 Å². The topological polar surface area (TPSA) is 46.6 Å². The maximum Gasteiger partial charge on any atom is 0.411 e. The first-order chi connectivity index (χ1) is 9.20. The van der Waals surface area contributed by atoms with Gasteiger partial charge in [0.15, 0.2) is 0 Å². The zero-order chi connectivity index (χ0) is 15.0. The highest BCUT2D eigenvalue weighted by Gasteiger charge is 2.40. The molecule has 1 fully saturated rings. The van der Waals surface area contributed by atoms with E-state index in [0.717, 1.165) is 4.31 Å². The lowest BCUT2D eigenvalue weighted by atomic mass is 10.2. The largest absolute Gasteiger partial charge is 0.411 e. The van der Waals surface area contributed by atoms with Crippen LogP contribution < -0.4 is 0 Å². The van der Waals surface area contributed by atoms with E-state index >= 15 is 0 Å². The molecule has 1 aromatic carbocycles. The molecule has 0 N–H and O–H groups in total. The molecule has 20 heavy (non-hydrogen) atoms. The van der Waals surface area contributed by atoms with Gasteiger partial charge >= 0.3 is 6.18 Å². The summed E-state index contributed by atoms with van der Waals surface area (Å²) < 4.78 is 65.8. The second kappa shape index (κ2) is 5.51. The van der Waals surface area contributed by atoms with E-state index in [1.54, 1.807) is 6.07 Å². The van der Waals surface area contributed by atoms with Crippen molar-refractivity contribution in [3.8, 4) is 0 Å². The zero-order valence-electron chi connectivity index (χ0n) is 10.1. The van der Waals surface area contributed by atoms with E-state index in [0.29, 0.717) is 0 Å². The maximum atomic E-state index is 12.1. The first kappa shape index (κ1) is 15.6. The predicted octanol–water partition coefficient (Wildman–Crippen LogP) is 2.29. The summed E-state index contributed by atoms with van der Waals surface area (Å²) in [6, 6.07) is 5.90. The van der Waals surface area contributed by atoms with Gasteiger partial charge in [-0.15, -0.1) is 0 Å². The molecule has 1 aliphatic rings. The van der Waals surface area contributed by atoms with Crippen molar-refractivity contribution in [3.63, 3.8) is 0 Å². The van der Waals surface area contributed by atoms with Crippen molar-refractivity contribution >= 4 is 21.6 Å². The van der Waals surface area contributed by atoms with Crippen LogP contribution in [-0.2, 0) is 14.8 Å². The molecule has 1 saturated heterocycles. The van der Waals surface area contributed by atoms with Gasteiger partial charge in [0.25, 0.3) is 0 Å². The number of hydrogen-bond donors (Lipinski definition) is 0. The fourth-order valence-electron chi connectivity index (χ4n) is 1.71. The standard InChI is InChI=1S/C11H11ClF3NO3S/c12-9-3-1-2-4-10(9)20(17,18)16-5-8(6-16)19-7-11(13,14)15/h1-4,8H,5-7H2. The summed E-state index contributed by atoms with van der Waals surface area (Å²) in [7, 11) is -3.78. The van der Waals surface area contributed by atoms with E-state index < -0.39 is 28.9 Å². The molecule has 0 aliphatic carbocycles. The van der Waals surface area contributed by atoms with Crippen molar-refractivity contribution in [1.82, 2.24) is 4.31 Å². The van der Waals surface area contributed by atoms with Crippen molar-refractivity contribution in [2.75, 3.05) is 19.7 Å². The molecule has 0 aromatic heterocycles. The van der Waals surface area contributed by atoms with Crippen LogP contribution in [0.25, 0.3) is 0 Å². The second-order valence-corrected chi connectivity index (χ2v) is 6.61. The monoisotopic (exact) mass is 329 g/mol. The Kier molecular flexibility index (Phi) is 4.29. The Labute approximate surface area is 119 Å². The lowest BCUT2D eigenvalue weighted by molar-refractivity contribution is -0.194. The van der Waals surface area contributed by atoms with E-state index in [9.17, 15) is 21.6 Å². The van der Waals surface area contributed by atoms with Gasteiger partial charge in [-0.1, -0.05) is 23.7 Å². The highest BCUT2D eigenvalue weighted by Crippen LogP contribution is 2.28. The fraction of sp³-hybridized carbons (Fsp3) is 0.455. The lowest BCUT2D eigenvalue weighted by Gasteiger charge is -2.37. The summed E-state index contributed by atoms with van der Waals surface area (Å²) in [5, 5.41) is 0.0761. The Hall–Kier alpha value is -0.830. The maximum absolute atomic E-state index is 12.1. The Morgan fingerprint density at radius 2 is 1.90 bits per heavy atom. The molecule has 1 aromatic rings. The molecule has 9 heteroatoms. The van der Waals surface area contributed by atoms with Crippen LogP contribution in [0, 0.1) is 0 Å². The van der Waals surface area contributed by atoms with Crippen LogP contribution >= 0.6 is 11.6 Å². The van der Waals surface area contributed by atoms with Crippen LogP contribution in [0.4, 0.5) is 13.2 Å². The van der Waals surface area contributed by atoms with Crippen LogP contribution in [0.3, 0.4) is 0 Å². The number of rotatable bonds is 4. The number of sulfonamides is 1. The molecule has 1 aliphatic heterocycles. The molecular formula is C11H11ClF3NO3S. The van der Waals surface area contributed by atoms with Crippen LogP contribution in [0.2, 0.25) is 5.02 Å². The molecule has 0 bridgehead atoms. The minimum absolute atomic E-state index is 0.0593. The van der Waals surface area contributed by atoms with Gasteiger partial charge in [-0.05, 0) is 12.1 Å². The molecule has 4 nitrogen and oxygen atoms in total. The van der Waals surface area contributed by atoms with E-state index in [2.05, 4.69) is 4.74 Å². The summed E-state index contributed by atoms with van der Waals surface area (Å²) >= 11 is 5.81. The average Bonchev–Trinajstić information content (AvgIpc) is 2.25. The first-order valence-corrected chi connectivity index (χ1v) is 7.45. The zero-order valence-corrected chi connectivity index (χ0v) is 11.7. The highest BCUT2D eigenvalue weighted by molar-refractivity contribution is 7.89. The fourth-order valence-corrected chi connectivity index (χ4v) is 3.70. The lowest BCUT2D eigenvalue weighted by Crippen LogP contribution is -2.55. The van der Waals surface area contributed by atoms with Crippen LogP contribution in [0.15, 0.2) is 29.2 Å². The van der Waals surface area contributed by atoms with Gasteiger partial charge in [0.2, 0.25) is 10.0 Å². The summed E-state index contributed by atoms with van der Waals surface area (Å²) in [6.07, 6.45) is -5.16. The van der Waals surface area contributed by atoms with Crippen LogP contribution in [0.1, 0.15) is 0 Å². The summed E-state index contributed by atoms with van der Waals surface area (Å²) in [5.41, 5.74) is 0. The number of ether oxygens (including phenoxy) is 1. The molecule has 0 unspecified atom stereocenters. The molecule has 1 heterocycles. The van der Waals surface area contributed by atoms with Crippen molar-refractivity contribution in [3.05, 3.63) is 29.3 Å². The van der Waals surface area contributed by atoms with Crippen molar-refractivity contribution in [2.24, 2.45) is 0 Å². The number of benzene rings is 1. The molecule has 0 atom stereocenters. The van der Waals surface area contributed by atoms with Crippen molar-refractivity contribution < 1.29 is 26.3 Å². The Morgan fingerprint density at radius 3 is 2.45 bits per heavy atom. The summed E-state index contributed by atoms with van der Waals surface area (Å²) in [4.78, 5) is -0.0593. The van der Waals surface area contributed by atoms with Gasteiger partial charge < -0.3 is 4.74 Å². The molecule has 0 saturated carbocycles. The van der Waals surface area contributed by atoms with Crippen LogP contribution in [0.5, 0.6) is 0 Å². The van der Waals surface area contributed by atoms with E-state index in [-0.39, 0.29) is 23.0 Å². The Balaban J connectivity index is 1.97. The van der Waals surface area contributed by atoms with Gasteiger partial charge in [0.1, 0.15) is 11.5 Å². The number of halogens is 4. The minimum Gasteiger partial charge on any atom is -0.366 e. The highest BCUT2D eigenvalue weighted by atomic mass is 35.5.